The maximum Gasteiger partial charge on any atom is 0.258 e. The van der Waals surface area contributed by atoms with E-state index < -0.39 is 23.3 Å². The average Bonchev–Trinajstić information content (AvgIpc) is 2.75. The number of benzene rings is 2. The summed E-state index contributed by atoms with van der Waals surface area (Å²) in [7, 11) is 0. The highest BCUT2D eigenvalue weighted by Crippen LogP contribution is 2.31. The van der Waals surface area contributed by atoms with Gasteiger partial charge in [0.25, 0.3) is 5.56 Å². The lowest BCUT2D eigenvalue weighted by Gasteiger charge is -2.24. The van der Waals surface area contributed by atoms with Gasteiger partial charge < -0.3 is 20.7 Å². The number of hydrogen-bond acceptors (Lipinski definition) is 6. The summed E-state index contributed by atoms with van der Waals surface area (Å²) >= 11 is 0. The van der Waals surface area contributed by atoms with Gasteiger partial charge in [0, 0.05) is 12.1 Å². The fourth-order valence-electron chi connectivity index (χ4n) is 3.38. The first kappa shape index (κ1) is 20.1. The molecule has 1 aromatic heterocycles. The zero-order valence-electron chi connectivity index (χ0n) is 16.8. The highest BCUT2D eigenvalue weighted by molar-refractivity contribution is 6.05. The maximum absolute atomic E-state index is 13.0. The Morgan fingerprint density at radius 1 is 1.13 bits per heavy atom. The largest absolute Gasteiger partial charge is 0.492 e. The van der Waals surface area contributed by atoms with Crippen molar-refractivity contribution in [1.29, 1.82) is 0 Å². The monoisotopic (exact) mass is 419 g/mol. The number of rotatable bonds is 6. The molecule has 1 atom stereocenters. The number of fused-ring (bicyclic) bond motifs is 1. The van der Waals surface area contributed by atoms with Crippen LogP contribution in [0, 0.1) is 0 Å². The van der Waals surface area contributed by atoms with Crippen molar-refractivity contribution >= 4 is 35.0 Å². The van der Waals surface area contributed by atoms with Crippen LogP contribution in [0.1, 0.15) is 24.8 Å². The number of nitrogens with zero attached hydrogens (tertiary/aromatic N) is 1. The number of ether oxygens (including phenoxy) is 1. The van der Waals surface area contributed by atoms with E-state index in [1.54, 1.807) is 24.3 Å². The molecule has 3 aromatic rings. The SMILES string of the molecule is CCOc1ccccc1NC(=O)[C@@H]1CC(=O)Nc2nc(Nc3ccccc3)[nH]c(=O)c21. The van der Waals surface area contributed by atoms with Crippen LogP contribution in [0.3, 0.4) is 0 Å². The lowest BCUT2D eigenvalue weighted by atomic mass is 9.92. The number of aromatic amines is 1. The Balaban J connectivity index is 1.63. The molecule has 0 aliphatic carbocycles. The Hall–Kier alpha value is -4.14. The van der Waals surface area contributed by atoms with E-state index in [2.05, 4.69) is 25.9 Å². The predicted octanol–water partition coefficient (Wildman–Crippen LogP) is 2.98. The van der Waals surface area contributed by atoms with Crippen molar-refractivity contribution in [2.24, 2.45) is 0 Å². The van der Waals surface area contributed by atoms with Gasteiger partial charge in [-0.2, -0.15) is 4.98 Å². The minimum Gasteiger partial charge on any atom is -0.492 e. The number of carbonyl (C=O) groups excluding carboxylic acids is 2. The molecule has 1 aliphatic heterocycles. The van der Waals surface area contributed by atoms with Gasteiger partial charge in [-0.05, 0) is 31.2 Å². The molecule has 0 bridgehead atoms. The van der Waals surface area contributed by atoms with Gasteiger partial charge in [0.05, 0.1) is 23.8 Å². The third-order valence-electron chi connectivity index (χ3n) is 4.75. The molecule has 4 rings (SSSR count). The molecule has 0 saturated carbocycles. The van der Waals surface area contributed by atoms with Crippen LogP contribution in [0.5, 0.6) is 5.75 Å². The van der Waals surface area contributed by atoms with Crippen LogP contribution in [0.25, 0.3) is 0 Å². The first-order valence-electron chi connectivity index (χ1n) is 9.84. The summed E-state index contributed by atoms with van der Waals surface area (Å²) in [5.74, 6) is -1.13. The second kappa shape index (κ2) is 8.70. The zero-order valence-corrected chi connectivity index (χ0v) is 16.8. The maximum atomic E-state index is 13.0. The smallest absolute Gasteiger partial charge is 0.258 e. The van der Waals surface area contributed by atoms with Gasteiger partial charge in [-0.25, -0.2) is 0 Å². The quantitative estimate of drug-likeness (QED) is 0.487. The number of para-hydroxylation sites is 3. The molecule has 0 unspecified atom stereocenters. The molecule has 0 spiro atoms. The molecule has 2 amide bonds. The van der Waals surface area contributed by atoms with Crippen molar-refractivity contribution in [2.45, 2.75) is 19.3 Å². The first-order chi connectivity index (χ1) is 15.0. The van der Waals surface area contributed by atoms with E-state index in [9.17, 15) is 14.4 Å². The summed E-state index contributed by atoms with van der Waals surface area (Å²) in [6.07, 6.45) is -0.161. The average molecular weight is 419 g/mol. The van der Waals surface area contributed by atoms with Crippen LogP contribution in [0.15, 0.2) is 59.4 Å². The molecule has 0 saturated heterocycles. The van der Waals surface area contributed by atoms with Crippen LogP contribution in [0.2, 0.25) is 0 Å². The topological polar surface area (TPSA) is 125 Å². The highest BCUT2D eigenvalue weighted by atomic mass is 16.5. The molecular weight excluding hydrogens is 398 g/mol. The van der Waals surface area contributed by atoms with Gasteiger partial charge in [0.1, 0.15) is 11.6 Å². The van der Waals surface area contributed by atoms with Crippen molar-refractivity contribution in [3.8, 4) is 5.75 Å². The standard InChI is InChI=1S/C22H21N5O4/c1-2-31-16-11-7-6-10-15(16)24-20(29)14-12-17(28)25-19-18(14)21(30)27-22(26-19)23-13-8-4-3-5-9-13/h3-11,14H,2,12H2,1H3,(H,24,29)(H3,23,25,26,27,28,30)/t14-/m1/s1. The van der Waals surface area contributed by atoms with Crippen molar-refractivity contribution in [1.82, 2.24) is 9.97 Å². The molecule has 1 aliphatic rings. The number of nitrogens with one attached hydrogen (secondary N) is 4. The van der Waals surface area contributed by atoms with Crippen molar-refractivity contribution in [2.75, 3.05) is 22.6 Å². The number of hydrogen-bond donors (Lipinski definition) is 4. The molecule has 0 radical (unpaired) electrons. The van der Waals surface area contributed by atoms with E-state index in [4.69, 9.17) is 4.74 Å². The van der Waals surface area contributed by atoms with Crippen LogP contribution in [0.4, 0.5) is 23.1 Å². The molecule has 9 nitrogen and oxygen atoms in total. The van der Waals surface area contributed by atoms with E-state index in [0.717, 1.165) is 5.69 Å². The first-order valence-corrected chi connectivity index (χ1v) is 9.84. The van der Waals surface area contributed by atoms with E-state index in [0.29, 0.717) is 18.0 Å². The summed E-state index contributed by atoms with van der Waals surface area (Å²) in [4.78, 5) is 45.0. The lowest BCUT2D eigenvalue weighted by molar-refractivity contribution is -0.123. The van der Waals surface area contributed by atoms with E-state index in [-0.39, 0.29) is 23.8 Å². The lowest BCUT2D eigenvalue weighted by Crippen LogP contribution is -2.36. The van der Waals surface area contributed by atoms with Crippen LogP contribution < -0.4 is 26.2 Å². The molecule has 31 heavy (non-hydrogen) atoms. The Bertz CT molecular complexity index is 1180. The summed E-state index contributed by atoms with van der Waals surface area (Å²) in [6, 6.07) is 16.1. The van der Waals surface area contributed by atoms with Gasteiger partial charge in [-0.1, -0.05) is 30.3 Å². The predicted molar refractivity (Wildman–Crippen MR) is 117 cm³/mol. The van der Waals surface area contributed by atoms with Gasteiger partial charge in [-0.15, -0.1) is 0 Å². The second-order valence-corrected chi connectivity index (χ2v) is 6.89. The van der Waals surface area contributed by atoms with E-state index >= 15 is 0 Å². The molecule has 2 heterocycles. The van der Waals surface area contributed by atoms with E-state index in [1.165, 1.54) is 0 Å². The van der Waals surface area contributed by atoms with Gasteiger partial charge in [0.15, 0.2) is 0 Å². The summed E-state index contributed by atoms with van der Waals surface area (Å²) in [6.45, 7) is 2.27. The second-order valence-electron chi connectivity index (χ2n) is 6.89. The van der Waals surface area contributed by atoms with Crippen LogP contribution in [-0.2, 0) is 9.59 Å². The van der Waals surface area contributed by atoms with Crippen molar-refractivity contribution in [3.63, 3.8) is 0 Å². The molecule has 158 valence electrons. The molecular formula is C22H21N5O4. The van der Waals surface area contributed by atoms with Crippen molar-refractivity contribution in [3.05, 3.63) is 70.5 Å². The molecule has 9 heteroatoms. The van der Waals surface area contributed by atoms with Crippen LogP contribution >= 0.6 is 0 Å². The number of carbonyl (C=O) groups is 2. The van der Waals surface area contributed by atoms with Gasteiger partial charge in [-0.3, -0.25) is 19.4 Å². The van der Waals surface area contributed by atoms with E-state index in [1.807, 2.05) is 37.3 Å². The molecule has 0 fully saturated rings. The normalized spacial score (nSPS) is 14.9. The Labute approximate surface area is 177 Å². The highest BCUT2D eigenvalue weighted by Gasteiger charge is 2.35. The number of aromatic nitrogens is 2. The molecule has 2 aromatic carbocycles. The number of anilines is 4. The third kappa shape index (κ3) is 4.40. The molecule has 4 N–H and O–H groups in total. The number of amides is 2. The van der Waals surface area contributed by atoms with Gasteiger partial charge >= 0.3 is 0 Å². The summed E-state index contributed by atoms with van der Waals surface area (Å²) in [5, 5.41) is 8.34. The fraction of sp³-hybridized carbons (Fsp3) is 0.182. The van der Waals surface area contributed by atoms with Crippen LogP contribution in [-0.4, -0.2) is 28.4 Å². The minimum atomic E-state index is -0.986. The summed E-state index contributed by atoms with van der Waals surface area (Å²) < 4.78 is 5.53. The Morgan fingerprint density at radius 3 is 2.65 bits per heavy atom. The third-order valence-corrected chi connectivity index (χ3v) is 4.75. The minimum absolute atomic E-state index is 0.0664. The Morgan fingerprint density at radius 2 is 1.87 bits per heavy atom. The number of H-pyrrole nitrogens is 1. The Kier molecular flexibility index (Phi) is 5.65. The zero-order chi connectivity index (χ0) is 21.8. The fourth-order valence-corrected chi connectivity index (χ4v) is 3.38. The van der Waals surface area contributed by atoms with Crippen molar-refractivity contribution < 1.29 is 14.3 Å². The van der Waals surface area contributed by atoms with Gasteiger partial charge in [0.2, 0.25) is 17.8 Å². The summed E-state index contributed by atoms with van der Waals surface area (Å²) in [5.41, 5.74) is 0.800.